The standard InChI is InChI=1S/C13H28N2O/c1-5-15(6-2)11(3)9-14-13(10-16-4)12-7-8-12/h11-14H,5-10H2,1-4H3. The van der Waals surface area contributed by atoms with Crippen molar-refractivity contribution in [2.45, 2.75) is 45.7 Å². The van der Waals surface area contributed by atoms with Gasteiger partial charge in [0.1, 0.15) is 0 Å². The Morgan fingerprint density at radius 3 is 2.38 bits per heavy atom. The van der Waals surface area contributed by atoms with Gasteiger partial charge in [0.25, 0.3) is 0 Å². The van der Waals surface area contributed by atoms with Crippen LogP contribution >= 0.6 is 0 Å². The first-order valence-corrected chi connectivity index (χ1v) is 6.69. The van der Waals surface area contributed by atoms with Crippen molar-refractivity contribution in [2.24, 2.45) is 5.92 Å². The Bertz CT molecular complexity index is 179. The molecule has 1 aliphatic carbocycles. The SMILES string of the molecule is CCN(CC)C(C)CNC(COC)C1CC1. The molecule has 2 atom stereocenters. The molecule has 0 bridgehead atoms. The fourth-order valence-corrected chi connectivity index (χ4v) is 2.34. The molecule has 0 radical (unpaired) electrons. The summed E-state index contributed by atoms with van der Waals surface area (Å²) in [4.78, 5) is 2.49. The molecule has 96 valence electrons. The van der Waals surface area contributed by atoms with Gasteiger partial charge in [-0.15, -0.1) is 0 Å². The molecule has 0 heterocycles. The molecule has 1 N–H and O–H groups in total. The van der Waals surface area contributed by atoms with E-state index < -0.39 is 0 Å². The Morgan fingerprint density at radius 2 is 1.94 bits per heavy atom. The van der Waals surface area contributed by atoms with Crippen LogP contribution in [0.3, 0.4) is 0 Å². The average molecular weight is 228 g/mol. The third kappa shape index (κ3) is 4.40. The second-order valence-electron chi connectivity index (χ2n) is 4.88. The summed E-state index contributed by atoms with van der Waals surface area (Å²) in [5.74, 6) is 0.865. The summed E-state index contributed by atoms with van der Waals surface area (Å²) < 4.78 is 5.27. The lowest BCUT2D eigenvalue weighted by molar-refractivity contribution is 0.148. The Balaban J connectivity index is 2.24. The first-order valence-electron chi connectivity index (χ1n) is 6.69. The number of nitrogens with zero attached hydrogens (tertiary/aromatic N) is 1. The summed E-state index contributed by atoms with van der Waals surface area (Å²) in [6, 6.07) is 1.19. The summed E-state index contributed by atoms with van der Waals surface area (Å²) in [7, 11) is 1.80. The Morgan fingerprint density at radius 1 is 1.31 bits per heavy atom. The molecule has 1 fully saturated rings. The molecule has 0 spiro atoms. The molecule has 3 nitrogen and oxygen atoms in total. The molecule has 0 aromatic rings. The monoisotopic (exact) mass is 228 g/mol. The van der Waals surface area contributed by atoms with Crippen molar-refractivity contribution < 1.29 is 4.74 Å². The molecule has 0 aromatic carbocycles. The number of likely N-dealkylation sites (N-methyl/N-ethyl adjacent to an activating group) is 1. The zero-order valence-corrected chi connectivity index (χ0v) is 11.3. The number of methoxy groups -OCH3 is 1. The zero-order valence-electron chi connectivity index (χ0n) is 11.3. The highest BCUT2D eigenvalue weighted by Crippen LogP contribution is 2.32. The molecule has 1 saturated carbocycles. The van der Waals surface area contributed by atoms with E-state index in [1.165, 1.54) is 12.8 Å². The molecule has 0 saturated heterocycles. The van der Waals surface area contributed by atoms with Crippen LogP contribution in [0.15, 0.2) is 0 Å². The first-order chi connectivity index (χ1) is 7.72. The number of hydrogen-bond acceptors (Lipinski definition) is 3. The van der Waals surface area contributed by atoms with E-state index in [0.29, 0.717) is 12.1 Å². The molecular formula is C13H28N2O. The Hall–Kier alpha value is -0.120. The Kier molecular flexibility index (Phi) is 6.32. The third-order valence-electron chi connectivity index (χ3n) is 3.65. The summed E-state index contributed by atoms with van der Waals surface area (Å²) >= 11 is 0. The maximum Gasteiger partial charge on any atom is 0.0618 e. The van der Waals surface area contributed by atoms with Gasteiger partial charge in [0.2, 0.25) is 0 Å². The van der Waals surface area contributed by atoms with Crippen molar-refractivity contribution in [1.82, 2.24) is 10.2 Å². The lowest BCUT2D eigenvalue weighted by Crippen LogP contribution is -2.45. The number of rotatable bonds is 9. The van der Waals surface area contributed by atoms with Gasteiger partial charge >= 0.3 is 0 Å². The van der Waals surface area contributed by atoms with Crippen LogP contribution in [0.25, 0.3) is 0 Å². The quantitative estimate of drug-likeness (QED) is 0.650. The molecular weight excluding hydrogens is 200 g/mol. The van der Waals surface area contributed by atoms with Crippen LogP contribution in [-0.2, 0) is 4.74 Å². The van der Waals surface area contributed by atoms with Gasteiger partial charge in [0.15, 0.2) is 0 Å². The lowest BCUT2D eigenvalue weighted by Gasteiger charge is -2.28. The van der Waals surface area contributed by atoms with Crippen LogP contribution in [0.5, 0.6) is 0 Å². The minimum Gasteiger partial charge on any atom is -0.383 e. The summed E-state index contributed by atoms with van der Waals surface area (Å²) in [5, 5.41) is 3.66. The van der Waals surface area contributed by atoms with Crippen LogP contribution in [-0.4, -0.2) is 50.3 Å². The lowest BCUT2D eigenvalue weighted by atomic mass is 10.2. The number of hydrogen-bond donors (Lipinski definition) is 1. The molecule has 16 heavy (non-hydrogen) atoms. The van der Waals surface area contributed by atoms with Gasteiger partial charge in [-0.25, -0.2) is 0 Å². The highest BCUT2D eigenvalue weighted by atomic mass is 16.5. The van der Waals surface area contributed by atoms with E-state index in [4.69, 9.17) is 4.74 Å². The predicted octanol–water partition coefficient (Wildman–Crippen LogP) is 1.73. The normalized spacial score (nSPS) is 20.1. The fourth-order valence-electron chi connectivity index (χ4n) is 2.34. The maximum absolute atomic E-state index is 5.27. The molecule has 0 aromatic heterocycles. The zero-order chi connectivity index (χ0) is 12.0. The highest BCUT2D eigenvalue weighted by Gasteiger charge is 2.31. The van der Waals surface area contributed by atoms with Gasteiger partial charge in [0, 0.05) is 25.7 Å². The van der Waals surface area contributed by atoms with Crippen molar-refractivity contribution >= 4 is 0 Å². The van der Waals surface area contributed by atoms with E-state index >= 15 is 0 Å². The van der Waals surface area contributed by atoms with Crippen molar-refractivity contribution in [3.8, 4) is 0 Å². The van der Waals surface area contributed by atoms with E-state index in [1.54, 1.807) is 7.11 Å². The number of ether oxygens (including phenoxy) is 1. The molecule has 0 aliphatic heterocycles. The largest absolute Gasteiger partial charge is 0.383 e. The van der Waals surface area contributed by atoms with Crippen molar-refractivity contribution in [1.29, 1.82) is 0 Å². The van der Waals surface area contributed by atoms with Crippen LogP contribution in [0, 0.1) is 5.92 Å². The van der Waals surface area contributed by atoms with E-state index in [9.17, 15) is 0 Å². The van der Waals surface area contributed by atoms with Crippen LogP contribution in [0.4, 0.5) is 0 Å². The van der Waals surface area contributed by atoms with E-state index in [-0.39, 0.29) is 0 Å². The van der Waals surface area contributed by atoms with Gasteiger partial charge in [-0.1, -0.05) is 13.8 Å². The van der Waals surface area contributed by atoms with Crippen molar-refractivity contribution in [3.63, 3.8) is 0 Å². The first kappa shape index (κ1) is 13.9. The maximum atomic E-state index is 5.27. The fraction of sp³-hybridized carbons (Fsp3) is 1.00. The van der Waals surface area contributed by atoms with E-state index in [1.807, 2.05) is 0 Å². The second kappa shape index (κ2) is 7.25. The molecule has 1 aliphatic rings. The van der Waals surface area contributed by atoms with Crippen LogP contribution in [0.2, 0.25) is 0 Å². The second-order valence-corrected chi connectivity index (χ2v) is 4.88. The van der Waals surface area contributed by atoms with Gasteiger partial charge in [-0.2, -0.15) is 0 Å². The highest BCUT2D eigenvalue weighted by molar-refractivity contribution is 4.87. The summed E-state index contributed by atoms with van der Waals surface area (Å²) in [5.41, 5.74) is 0. The number of nitrogens with one attached hydrogen (secondary N) is 1. The summed E-state index contributed by atoms with van der Waals surface area (Å²) in [6.07, 6.45) is 2.75. The predicted molar refractivity (Wildman–Crippen MR) is 68.8 cm³/mol. The van der Waals surface area contributed by atoms with Crippen LogP contribution in [0.1, 0.15) is 33.6 Å². The van der Waals surface area contributed by atoms with Gasteiger partial charge < -0.3 is 10.1 Å². The molecule has 3 heteroatoms. The van der Waals surface area contributed by atoms with Gasteiger partial charge in [-0.3, -0.25) is 4.90 Å². The van der Waals surface area contributed by atoms with Crippen LogP contribution < -0.4 is 5.32 Å². The smallest absolute Gasteiger partial charge is 0.0618 e. The Labute approximate surface area is 101 Å². The minimum atomic E-state index is 0.572. The average Bonchev–Trinajstić information content (AvgIpc) is 3.09. The molecule has 0 amide bonds. The molecule has 2 unspecified atom stereocenters. The van der Waals surface area contributed by atoms with Gasteiger partial charge in [-0.05, 0) is 38.8 Å². The topological polar surface area (TPSA) is 24.5 Å². The van der Waals surface area contributed by atoms with E-state index in [2.05, 4.69) is 31.0 Å². The third-order valence-corrected chi connectivity index (χ3v) is 3.65. The van der Waals surface area contributed by atoms with Crippen molar-refractivity contribution in [3.05, 3.63) is 0 Å². The van der Waals surface area contributed by atoms with Gasteiger partial charge in [0.05, 0.1) is 6.61 Å². The van der Waals surface area contributed by atoms with Crippen molar-refractivity contribution in [2.75, 3.05) is 33.4 Å². The minimum absolute atomic E-state index is 0.572. The molecule has 1 rings (SSSR count). The van der Waals surface area contributed by atoms with E-state index in [0.717, 1.165) is 32.2 Å². The summed E-state index contributed by atoms with van der Waals surface area (Å²) in [6.45, 7) is 11.0.